The molecule has 1 aliphatic heterocycles. The van der Waals surface area contributed by atoms with Crippen LogP contribution < -0.4 is 4.74 Å². The van der Waals surface area contributed by atoms with Crippen molar-refractivity contribution in [1.29, 1.82) is 0 Å². The van der Waals surface area contributed by atoms with Gasteiger partial charge in [-0.3, -0.25) is 4.79 Å². The zero-order chi connectivity index (χ0) is 17.7. The number of benzene rings is 1. The Morgan fingerprint density at radius 2 is 1.92 bits per heavy atom. The quantitative estimate of drug-likeness (QED) is 0.704. The molecule has 1 aromatic rings. The Hall–Kier alpha value is -1.51. The molecule has 0 spiro atoms. The average Bonchev–Trinajstić information content (AvgIpc) is 2.54. The van der Waals surface area contributed by atoms with Crippen LogP contribution >= 0.6 is 0 Å². The molecule has 1 aromatic carbocycles. The summed E-state index contributed by atoms with van der Waals surface area (Å²) in [5, 5.41) is 0. The molecule has 1 fully saturated rings. The molecular weight excluding hydrogens is 298 g/mol. The number of nitrogens with zero attached hydrogens (tertiary/aromatic N) is 1. The summed E-state index contributed by atoms with van der Waals surface area (Å²) in [5.41, 5.74) is 2.08. The van der Waals surface area contributed by atoms with Gasteiger partial charge in [0.15, 0.2) is 0 Å². The van der Waals surface area contributed by atoms with Crippen LogP contribution in [0.3, 0.4) is 0 Å². The highest BCUT2D eigenvalue weighted by Crippen LogP contribution is 2.28. The molecule has 0 N–H and O–H groups in total. The SMILES string of the molecule is Cc1ccc(C)c(OCCCC(C)(C)C(=O)N2CCC(C)CC2)c1. The van der Waals surface area contributed by atoms with Crippen LogP contribution in [-0.4, -0.2) is 30.5 Å². The molecule has 0 aliphatic carbocycles. The van der Waals surface area contributed by atoms with Crippen molar-refractivity contribution in [3.63, 3.8) is 0 Å². The smallest absolute Gasteiger partial charge is 0.228 e. The van der Waals surface area contributed by atoms with Crippen LogP contribution in [0.1, 0.15) is 57.6 Å². The molecule has 0 radical (unpaired) electrons. The van der Waals surface area contributed by atoms with E-state index in [1.54, 1.807) is 0 Å². The minimum absolute atomic E-state index is 0.300. The molecule has 0 atom stereocenters. The number of hydrogen-bond donors (Lipinski definition) is 0. The molecule has 3 heteroatoms. The van der Waals surface area contributed by atoms with E-state index in [1.807, 2.05) is 0 Å². The van der Waals surface area contributed by atoms with Gasteiger partial charge in [-0.15, -0.1) is 0 Å². The van der Waals surface area contributed by atoms with Gasteiger partial charge in [-0.05, 0) is 62.6 Å². The molecule has 1 aliphatic rings. The Kier molecular flexibility index (Phi) is 6.31. The topological polar surface area (TPSA) is 29.5 Å². The first kappa shape index (κ1) is 18.8. The third-order valence-electron chi connectivity index (χ3n) is 5.20. The standard InChI is InChI=1S/C21H33NO2/c1-16-9-12-22(13-10-16)20(23)21(4,5)11-6-14-24-19-15-17(2)7-8-18(19)3/h7-8,15-16H,6,9-14H2,1-5H3. The van der Waals surface area contributed by atoms with E-state index in [-0.39, 0.29) is 5.41 Å². The van der Waals surface area contributed by atoms with E-state index < -0.39 is 0 Å². The fraction of sp³-hybridized carbons (Fsp3) is 0.667. The number of carbonyl (C=O) groups excluding carboxylic acids is 1. The molecule has 1 saturated heterocycles. The minimum Gasteiger partial charge on any atom is -0.493 e. The lowest BCUT2D eigenvalue weighted by Crippen LogP contribution is -2.45. The minimum atomic E-state index is -0.300. The third-order valence-corrected chi connectivity index (χ3v) is 5.20. The molecule has 3 nitrogen and oxygen atoms in total. The molecule has 1 heterocycles. The number of likely N-dealkylation sites (tertiary alicyclic amines) is 1. The summed E-state index contributed by atoms with van der Waals surface area (Å²) in [6.45, 7) is 13.1. The monoisotopic (exact) mass is 331 g/mol. The maximum atomic E-state index is 12.8. The maximum absolute atomic E-state index is 12.8. The van der Waals surface area contributed by atoms with Gasteiger partial charge >= 0.3 is 0 Å². The van der Waals surface area contributed by atoms with Gasteiger partial charge < -0.3 is 9.64 Å². The molecular formula is C21H33NO2. The van der Waals surface area contributed by atoms with Crippen LogP contribution in [0.15, 0.2) is 18.2 Å². The Balaban J connectivity index is 1.79. The predicted octanol–water partition coefficient (Wildman–Crippen LogP) is 4.75. The van der Waals surface area contributed by atoms with E-state index in [9.17, 15) is 4.79 Å². The van der Waals surface area contributed by atoms with Crippen molar-refractivity contribution in [3.05, 3.63) is 29.3 Å². The highest BCUT2D eigenvalue weighted by atomic mass is 16.5. The van der Waals surface area contributed by atoms with Crippen molar-refractivity contribution in [2.75, 3.05) is 19.7 Å². The molecule has 24 heavy (non-hydrogen) atoms. The lowest BCUT2D eigenvalue weighted by atomic mass is 9.85. The predicted molar refractivity (Wildman–Crippen MR) is 99.4 cm³/mol. The second-order valence-corrected chi connectivity index (χ2v) is 8.08. The second-order valence-electron chi connectivity index (χ2n) is 8.08. The van der Waals surface area contributed by atoms with Gasteiger partial charge in [0.05, 0.1) is 6.61 Å². The van der Waals surface area contributed by atoms with Crippen molar-refractivity contribution in [2.24, 2.45) is 11.3 Å². The van der Waals surface area contributed by atoms with E-state index in [4.69, 9.17) is 4.74 Å². The summed E-state index contributed by atoms with van der Waals surface area (Å²) in [6, 6.07) is 6.28. The molecule has 1 amide bonds. The van der Waals surface area contributed by atoms with Gasteiger partial charge in [-0.2, -0.15) is 0 Å². The second kappa shape index (κ2) is 8.04. The summed E-state index contributed by atoms with van der Waals surface area (Å²) in [6.07, 6.45) is 4.04. The number of amides is 1. The summed E-state index contributed by atoms with van der Waals surface area (Å²) in [4.78, 5) is 14.8. The molecule has 0 bridgehead atoms. The Morgan fingerprint density at radius 1 is 1.25 bits per heavy atom. The summed E-state index contributed by atoms with van der Waals surface area (Å²) >= 11 is 0. The first-order valence-corrected chi connectivity index (χ1v) is 9.29. The van der Waals surface area contributed by atoms with E-state index in [0.29, 0.717) is 12.5 Å². The lowest BCUT2D eigenvalue weighted by molar-refractivity contribution is -0.142. The van der Waals surface area contributed by atoms with Gasteiger partial charge in [0.2, 0.25) is 5.91 Å². The van der Waals surface area contributed by atoms with E-state index >= 15 is 0 Å². The van der Waals surface area contributed by atoms with Crippen molar-refractivity contribution >= 4 is 5.91 Å². The van der Waals surface area contributed by atoms with Gasteiger partial charge in [-0.25, -0.2) is 0 Å². The molecule has 0 aromatic heterocycles. The highest BCUT2D eigenvalue weighted by Gasteiger charge is 2.32. The third kappa shape index (κ3) is 4.99. The highest BCUT2D eigenvalue weighted by molar-refractivity contribution is 5.82. The number of hydrogen-bond acceptors (Lipinski definition) is 2. The number of carbonyl (C=O) groups is 1. The van der Waals surface area contributed by atoms with Crippen molar-refractivity contribution in [2.45, 2.75) is 60.3 Å². The number of aryl methyl sites for hydroxylation is 2. The zero-order valence-corrected chi connectivity index (χ0v) is 16.0. The van der Waals surface area contributed by atoms with E-state index in [1.165, 1.54) is 11.1 Å². The molecule has 0 unspecified atom stereocenters. The van der Waals surface area contributed by atoms with Crippen LogP contribution in [0.25, 0.3) is 0 Å². The van der Waals surface area contributed by atoms with Crippen molar-refractivity contribution < 1.29 is 9.53 Å². The normalized spacial score (nSPS) is 16.3. The van der Waals surface area contributed by atoms with Gasteiger partial charge in [0.1, 0.15) is 5.75 Å². The number of ether oxygens (including phenoxy) is 1. The van der Waals surface area contributed by atoms with Gasteiger partial charge in [-0.1, -0.05) is 32.9 Å². The fourth-order valence-electron chi connectivity index (χ4n) is 3.31. The molecule has 0 saturated carbocycles. The fourth-order valence-corrected chi connectivity index (χ4v) is 3.31. The Morgan fingerprint density at radius 3 is 2.58 bits per heavy atom. The largest absolute Gasteiger partial charge is 0.493 e. The maximum Gasteiger partial charge on any atom is 0.228 e. The zero-order valence-electron chi connectivity index (χ0n) is 16.0. The van der Waals surface area contributed by atoms with Crippen molar-refractivity contribution in [1.82, 2.24) is 4.90 Å². The van der Waals surface area contributed by atoms with Gasteiger partial charge in [0.25, 0.3) is 0 Å². The Labute approximate surface area is 147 Å². The number of piperidine rings is 1. The van der Waals surface area contributed by atoms with E-state index in [2.05, 4.69) is 57.7 Å². The van der Waals surface area contributed by atoms with Crippen LogP contribution in [0.5, 0.6) is 5.75 Å². The van der Waals surface area contributed by atoms with Crippen molar-refractivity contribution in [3.8, 4) is 5.75 Å². The number of rotatable bonds is 6. The first-order chi connectivity index (χ1) is 11.3. The lowest BCUT2D eigenvalue weighted by Gasteiger charge is -2.36. The van der Waals surface area contributed by atoms with Crippen LogP contribution in [0, 0.1) is 25.2 Å². The first-order valence-electron chi connectivity index (χ1n) is 9.29. The molecule has 2 rings (SSSR count). The average molecular weight is 332 g/mol. The summed E-state index contributed by atoms with van der Waals surface area (Å²) < 4.78 is 5.93. The van der Waals surface area contributed by atoms with Crippen LogP contribution in [-0.2, 0) is 4.79 Å². The Bertz CT molecular complexity index is 557. The molecule has 134 valence electrons. The van der Waals surface area contributed by atoms with E-state index in [0.717, 1.165) is 50.4 Å². The van der Waals surface area contributed by atoms with Crippen LogP contribution in [0.4, 0.5) is 0 Å². The van der Waals surface area contributed by atoms with Crippen LogP contribution in [0.2, 0.25) is 0 Å². The summed E-state index contributed by atoms with van der Waals surface area (Å²) in [5.74, 6) is 2.02. The van der Waals surface area contributed by atoms with Gasteiger partial charge in [0, 0.05) is 18.5 Å². The summed E-state index contributed by atoms with van der Waals surface area (Å²) in [7, 11) is 0.